The van der Waals surface area contributed by atoms with E-state index in [1.165, 1.54) is 0 Å². The first-order valence-electron chi connectivity index (χ1n) is 7.72. The third kappa shape index (κ3) is 4.32. The van der Waals surface area contributed by atoms with Gasteiger partial charge in [-0.3, -0.25) is 0 Å². The maximum atomic E-state index is 12.0. The summed E-state index contributed by atoms with van der Waals surface area (Å²) in [6, 6.07) is 9.13. The predicted molar refractivity (Wildman–Crippen MR) is 90.9 cm³/mol. The summed E-state index contributed by atoms with van der Waals surface area (Å²) in [6.07, 6.45) is 0. The molecule has 1 heterocycles. The van der Waals surface area contributed by atoms with Crippen LogP contribution in [0.3, 0.4) is 0 Å². The maximum absolute atomic E-state index is 12.0. The van der Waals surface area contributed by atoms with Crippen molar-refractivity contribution >= 4 is 11.7 Å². The summed E-state index contributed by atoms with van der Waals surface area (Å²) in [5.74, 6) is 0.00165. The first-order valence-corrected chi connectivity index (χ1v) is 7.72. The Hall–Kier alpha value is -2.34. The molecular weight excluding hydrogens is 292 g/mol. The van der Waals surface area contributed by atoms with Gasteiger partial charge in [0.25, 0.3) is 0 Å². The van der Waals surface area contributed by atoms with Crippen molar-refractivity contribution in [1.29, 1.82) is 0 Å². The number of amides is 2. The molecule has 3 N–H and O–H groups in total. The molecule has 6 heteroatoms. The first-order chi connectivity index (χ1) is 10.9. The van der Waals surface area contributed by atoms with E-state index < -0.39 is 0 Å². The van der Waals surface area contributed by atoms with Gasteiger partial charge in [-0.2, -0.15) is 5.10 Å². The third-order valence-corrected chi connectivity index (χ3v) is 3.86. The number of anilines is 1. The van der Waals surface area contributed by atoms with E-state index in [-0.39, 0.29) is 24.6 Å². The number of hydrogen-bond acceptors (Lipinski definition) is 3. The molecule has 0 radical (unpaired) electrons. The van der Waals surface area contributed by atoms with Crippen molar-refractivity contribution in [1.82, 2.24) is 15.1 Å². The minimum atomic E-state index is -0.289. The van der Waals surface area contributed by atoms with Crippen LogP contribution >= 0.6 is 0 Å². The molecule has 0 aliphatic rings. The van der Waals surface area contributed by atoms with Gasteiger partial charge >= 0.3 is 6.03 Å². The lowest BCUT2D eigenvalue weighted by molar-refractivity contribution is 0.204. The molecule has 2 atom stereocenters. The number of aliphatic hydroxyl groups excluding tert-OH is 1. The fourth-order valence-corrected chi connectivity index (χ4v) is 2.28. The Bertz CT molecular complexity index is 681. The van der Waals surface area contributed by atoms with E-state index in [4.69, 9.17) is 5.11 Å². The lowest BCUT2D eigenvalue weighted by Gasteiger charge is -2.19. The fraction of sp³-hybridized carbons (Fsp3) is 0.412. The van der Waals surface area contributed by atoms with Crippen molar-refractivity contribution in [3.63, 3.8) is 0 Å². The quantitative estimate of drug-likeness (QED) is 0.793. The molecule has 0 spiro atoms. The van der Waals surface area contributed by atoms with Gasteiger partial charge in [0, 0.05) is 24.0 Å². The second-order valence-electron chi connectivity index (χ2n) is 5.94. The monoisotopic (exact) mass is 316 g/mol. The van der Waals surface area contributed by atoms with E-state index in [0.717, 1.165) is 17.1 Å². The van der Waals surface area contributed by atoms with Crippen LogP contribution in [0.5, 0.6) is 0 Å². The van der Waals surface area contributed by atoms with Crippen LogP contribution in [0.15, 0.2) is 30.3 Å². The summed E-state index contributed by atoms with van der Waals surface area (Å²) in [7, 11) is 0. The van der Waals surface area contributed by atoms with Crippen molar-refractivity contribution in [2.24, 2.45) is 5.92 Å². The normalized spacial score (nSPS) is 13.4. The van der Waals surface area contributed by atoms with E-state index in [2.05, 4.69) is 15.7 Å². The molecule has 0 saturated heterocycles. The molecule has 2 amide bonds. The number of hydrogen-bond donors (Lipinski definition) is 3. The molecule has 0 fully saturated rings. The smallest absolute Gasteiger partial charge is 0.319 e. The highest BCUT2D eigenvalue weighted by molar-refractivity contribution is 5.89. The Balaban J connectivity index is 2.08. The minimum Gasteiger partial charge on any atom is -0.396 e. The summed E-state index contributed by atoms with van der Waals surface area (Å²) < 4.78 is 1.84. The van der Waals surface area contributed by atoms with Gasteiger partial charge in [-0.05, 0) is 51.0 Å². The van der Waals surface area contributed by atoms with E-state index in [9.17, 15) is 4.79 Å². The SMILES string of the molecule is Cc1cc(C)n(-c2cccc(NC(=O)NC(C)C(C)CO)c2)n1. The Kier molecular flexibility index (Phi) is 5.39. The van der Waals surface area contributed by atoms with Crippen molar-refractivity contribution in [2.75, 3.05) is 11.9 Å². The van der Waals surface area contributed by atoms with E-state index in [1.807, 2.05) is 62.7 Å². The number of nitrogens with one attached hydrogen (secondary N) is 2. The van der Waals surface area contributed by atoms with Crippen molar-refractivity contribution in [3.8, 4) is 5.69 Å². The Morgan fingerprint density at radius 3 is 2.65 bits per heavy atom. The molecular formula is C17H24N4O2. The highest BCUT2D eigenvalue weighted by Crippen LogP contribution is 2.16. The fourth-order valence-electron chi connectivity index (χ4n) is 2.28. The van der Waals surface area contributed by atoms with Gasteiger partial charge in [0.05, 0.1) is 11.4 Å². The summed E-state index contributed by atoms with van der Waals surface area (Å²) in [5.41, 5.74) is 3.57. The number of aromatic nitrogens is 2. The average molecular weight is 316 g/mol. The zero-order chi connectivity index (χ0) is 17.0. The summed E-state index contributed by atoms with van der Waals surface area (Å²) >= 11 is 0. The van der Waals surface area contributed by atoms with Gasteiger partial charge in [0.1, 0.15) is 0 Å². The molecule has 0 bridgehead atoms. The number of benzene rings is 1. The van der Waals surface area contributed by atoms with E-state index in [0.29, 0.717) is 5.69 Å². The van der Waals surface area contributed by atoms with Gasteiger partial charge in [-0.1, -0.05) is 13.0 Å². The van der Waals surface area contributed by atoms with Crippen LogP contribution in [0.25, 0.3) is 5.69 Å². The predicted octanol–water partition coefficient (Wildman–Crippen LogP) is 2.63. The van der Waals surface area contributed by atoms with Gasteiger partial charge in [0.15, 0.2) is 0 Å². The molecule has 6 nitrogen and oxygen atoms in total. The minimum absolute atomic E-state index is 0.00165. The van der Waals surface area contributed by atoms with Crippen LogP contribution in [0, 0.1) is 19.8 Å². The van der Waals surface area contributed by atoms with Crippen LogP contribution in [0.4, 0.5) is 10.5 Å². The molecule has 1 aromatic heterocycles. The van der Waals surface area contributed by atoms with Gasteiger partial charge < -0.3 is 15.7 Å². The highest BCUT2D eigenvalue weighted by Gasteiger charge is 2.14. The number of urea groups is 1. The van der Waals surface area contributed by atoms with E-state index >= 15 is 0 Å². The molecule has 1 aromatic carbocycles. The molecule has 0 saturated carbocycles. The molecule has 124 valence electrons. The largest absolute Gasteiger partial charge is 0.396 e. The summed E-state index contributed by atoms with van der Waals surface area (Å²) in [6.45, 7) is 7.73. The Morgan fingerprint density at radius 2 is 2.04 bits per heavy atom. The van der Waals surface area contributed by atoms with E-state index in [1.54, 1.807) is 0 Å². The molecule has 2 aromatic rings. The summed E-state index contributed by atoms with van der Waals surface area (Å²) in [4.78, 5) is 12.0. The maximum Gasteiger partial charge on any atom is 0.319 e. The average Bonchev–Trinajstić information content (AvgIpc) is 2.85. The Morgan fingerprint density at radius 1 is 1.30 bits per heavy atom. The van der Waals surface area contributed by atoms with Crippen LogP contribution in [-0.2, 0) is 0 Å². The second-order valence-corrected chi connectivity index (χ2v) is 5.94. The molecule has 2 unspecified atom stereocenters. The summed E-state index contributed by atoms with van der Waals surface area (Å²) in [5, 5.41) is 19.2. The Labute approximate surface area is 136 Å². The molecule has 2 rings (SSSR count). The zero-order valence-corrected chi connectivity index (χ0v) is 14.0. The molecule has 0 aliphatic carbocycles. The van der Waals surface area contributed by atoms with Gasteiger partial charge in [-0.15, -0.1) is 0 Å². The van der Waals surface area contributed by atoms with Crippen LogP contribution in [-0.4, -0.2) is 33.6 Å². The standard InChI is InChI=1S/C17H24N4O2/c1-11(10-22)14(4)18-17(23)19-15-6-5-7-16(9-15)21-13(3)8-12(2)20-21/h5-9,11,14,22H,10H2,1-4H3,(H2,18,19,23). The van der Waals surface area contributed by atoms with Crippen molar-refractivity contribution in [3.05, 3.63) is 41.7 Å². The number of carbonyl (C=O) groups is 1. The number of aliphatic hydroxyl groups is 1. The number of rotatable bonds is 5. The van der Waals surface area contributed by atoms with Crippen LogP contribution < -0.4 is 10.6 Å². The molecule has 0 aliphatic heterocycles. The number of nitrogens with zero attached hydrogens (tertiary/aromatic N) is 2. The lowest BCUT2D eigenvalue weighted by atomic mass is 10.1. The third-order valence-electron chi connectivity index (χ3n) is 3.86. The van der Waals surface area contributed by atoms with Crippen LogP contribution in [0.1, 0.15) is 25.2 Å². The topological polar surface area (TPSA) is 79.2 Å². The number of carbonyl (C=O) groups excluding carboxylic acids is 1. The first kappa shape index (κ1) is 17.0. The van der Waals surface area contributed by atoms with Gasteiger partial charge in [0.2, 0.25) is 0 Å². The zero-order valence-electron chi connectivity index (χ0n) is 14.0. The number of aryl methyl sites for hydroxylation is 2. The lowest BCUT2D eigenvalue weighted by Crippen LogP contribution is -2.40. The van der Waals surface area contributed by atoms with Crippen molar-refractivity contribution < 1.29 is 9.90 Å². The second kappa shape index (κ2) is 7.28. The molecule has 23 heavy (non-hydrogen) atoms. The van der Waals surface area contributed by atoms with Gasteiger partial charge in [-0.25, -0.2) is 9.48 Å². The highest BCUT2D eigenvalue weighted by atomic mass is 16.3. The van der Waals surface area contributed by atoms with Crippen molar-refractivity contribution in [2.45, 2.75) is 33.7 Å². The van der Waals surface area contributed by atoms with Crippen LogP contribution in [0.2, 0.25) is 0 Å².